The van der Waals surface area contributed by atoms with Crippen LogP contribution in [0.2, 0.25) is 5.02 Å². The summed E-state index contributed by atoms with van der Waals surface area (Å²) in [6, 6.07) is 5.60. The van der Waals surface area contributed by atoms with E-state index in [0.29, 0.717) is 10.9 Å². The highest BCUT2D eigenvalue weighted by Gasteiger charge is 2.14. The molecule has 0 fully saturated rings. The van der Waals surface area contributed by atoms with Crippen molar-refractivity contribution in [1.82, 2.24) is 0 Å². The van der Waals surface area contributed by atoms with E-state index in [9.17, 15) is 0 Å². The Kier molecular flexibility index (Phi) is 6.76. The van der Waals surface area contributed by atoms with E-state index >= 15 is 0 Å². The molecule has 0 bridgehead atoms. The van der Waals surface area contributed by atoms with Crippen LogP contribution in [0.5, 0.6) is 0 Å². The van der Waals surface area contributed by atoms with E-state index in [-0.39, 0.29) is 6.61 Å². The van der Waals surface area contributed by atoms with Gasteiger partial charge in [-0.1, -0.05) is 53.5 Å². The lowest BCUT2D eigenvalue weighted by Crippen LogP contribution is -2.12. The van der Waals surface area contributed by atoms with E-state index in [0.717, 1.165) is 27.7 Å². The standard InChI is InChI=1S/C15H19BrClNO/c1-4-10(2)15(18-8-11(3)16)13-6-5-12(9-19)7-14(13)17/h5-8,10,19H,4,9H2,1-3H3/b11-8+,18-15+. The molecule has 0 saturated carbocycles. The van der Waals surface area contributed by atoms with E-state index in [2.05, 4.69) is 34.8 Å². The fourth-order valence-corrected chi connectivity index (χ4v) is 2.08. The van der Waals surface area contributed by atoms with Crippen LogP contribution in [0.15, 0.2) is 33.9 Å². The molecule has 1 N–H and O–H groups in total. The molecule has 0 heterocycles. The minimum Gasteiger partial charge on any atom is -0.392 e. The quantitative estimate of drug-likeness (QED) is 0.755. The lowest BCUT2D eigenvalue weighted by molar-refractivity contribution is 0.282. The van der Waals surface area contributed by atoms with Crippen molar-refractivity contribution in [2.45, 2.75) is 33.8 Å². The first kappa shape index (κ1) is 16.4. The second-order valence-electron chi connectivity index (χ2n) is 4.51. The van der Waals surface area contributed by atoms with Gasteiger partial charge in [0.2, 0.25) is 0 Å². The van der Waals surface area contributed by atoms with Crippen LogP contribution in [0.3, 0.4) is 0 Å². The van der Waals surface area contributed by atoms with Crippen molar-refractivity contribution in [3.05, 3.63) is 45.0 Å². The Bertz CT molecular complexity index is 493. The largest absolute Gasteiger partial charge is 0.392 e. The molecule has 0 amide bonds. The van der Waals surface area contributed by atoms with Crippen LogP contribution in [0.4, 0.5) is 0 Å². The van der Waals surface area contributed by atoms with Crippen LogP contribution in [-0.4, -0.2) is 10.8 Å². The number of rotatable bonds is 5. The summed E-state index contributed by atoms with van der Waals surface area (Å²) in [7, 11) is 0. The summed E-state index contributed by atoms with van der Waals surface area (Å²) < 4.78 is 0.969. The number of hydrogen-bond donors (Lipinski definition) is 1. The van der Waals surface area contributed by atoms with Gasteiger partial charge < -0.3 is 5.11 Å². The molecule has 0 aliphatic heterocycles. The third-order valence-corrected chi connectivity index (χ3v) is 3.47. The molecule has 1 rings (SSSR count). The maximum Gasteiger partial charge on any atom is 0.0682 e. The van der Waals surface area contributed by atoms with Gasteiger partial charge >= 0.3 is 0 Å². The van der Waals surface area contributed by atoms with Crippen molar-refractivity contribution in [1.29, 1.82) is 0 Å². The topological polar surface area (TPSA) is 32.6 Å². The Morgan fingerprint density at radius 3 is 2.68 bits per heavy atom. The highest BCUT2D eigenvalue weighted by Crippen LogP contribution is 2.23. The van der Waals surface area contributed by atoms with Gasteiger partial charge in [-0.3, -0.25) is 4.99 Å². The molecule has 1 aromatic rings. The van der Waals surface area contributed by atoms with Crippen molar-refractivity contribution in [3.63, 3.8) is 0 Å². The second-order valence-corrected chi connectivity index (χ2v) is 6.17. The Morgan fingerprint density at radius 2 is 2.21 bits per heavy atom. The van der Waals surface area contributed by atoms with Crippen LogP contribution >= 0.6 is 27.5 Å². The zero-order chi connectivity index (χ0) is 14.4. The molecular formula is C15H19BrClNO. The van der Waals surface area contributed by atoms with E-state index in [1.807, 2.05) is 19.1 Å². The zero-order valence-electron chi connectivity index (χ0n) is 11.5. The van der Waals surface area contributed by atoms with Crippen molar-refractivity contribution < 1.29 is 5.11 Å². The van der Waals surface area contributed by atoms with Crippen LogP contribution in [0.25, 0.3) is 0 Å². The molecule has 0 aliphatic carbocycles. The van der Waals surface area contributed by atoms with Gasteiger partial charge in [-0.15, -0.1) is 0 Å². The highest BCUT2D eigenvalue weighted by molar-refractivity contribution is 9.11. The number of hydrogen-bond acceptors (Lipinski definition) is 2. The Labute approximate surface area is 128 Å². The third kappa shape index (κ3) is 4.75. The van der Waals surface area contributed by atoms with E-state index in [4.69, 9.17) is 16.7 Å². The van der Waals surface area contributed by atoms with Gasteiger partial charge in [-0.2, -0.15) is 0 Å². The van der Waals surface area contributed by atoms with Gasteiger partial charge in [0.1, 0.15) is 0 Å². The summed E-state index contributed by atoms with van der Waals surface area (Å²) in [5, 5.41) is 9.75. The third-order valence-electron chi connectivity index (χ3n) is 2.95. The molecule has 1 aromatic carbocycles. The number of allylic oxidation sites excluding steroid dienone is 1. The van der Waals surface area contributed by atoms with Gasteiger partial charge in [0.25, 0.3) is 0 Å². The lowest BCUT2D eigenvalue weighted by atomic mass is 9.95. The first-order valence-corrected chi connectivity index (χ1v) is 7.46. The smallest absolute Gasteiger partial charge is 0.0682 e. The van der Waals surface area contributed by atoms with Gasteiger partial charge in [0.15, 0.2) is 0 Å². The molecule has 4 heteroatoms. The molecule has 19 heavy (non-hydrogen) atoms. The maximum absolute atomic E-state index is 9.12. The normalized spacial score (nSPS) is 14.6. The fraction of sp³-hybridized carbons (Fsp3) is 0.400. The molecule has 0 spiro atoms. The lowest BCUT2D eigenvalue weighted by Gasteiger charge is -2.14. The van der Waals surface area contributed by atoms with Crippen LogP contribution in [0.1, 0.15) is 38.3 Å². The molecule has 1 unspecified atom stereocenters. The van der Waals surface area contributed by atoms with Gasteiger partial charge in [-0.05, 0) is 30.9 Å². The number of nitrogens with zero attached hydrogens (tertiary/aromatic N) is 1. The Balaban J connectivity index is 3.25. The van der Waals surface area contributed by atoms with Crippen LogP contribution < -0.4 is 0 Å². The van der Waals surface area contributed by atoms with Crippen molar-refractivity contribution >= 4 is 33.2 Å². The Hall–Kier alpha value is -0.640. The summed E-state index contributed by atoms with van der Waals surface area (Å²) in [4.78, 5) is 4.54. The predicted octanol–water partition coefficient (Wildman–Crippen LogP) is 4.92. The minimum absolute atomic E-state index is 0.00375. The van der Waals surface area contributed by atoms with Crippen molar-refractivity contribution in [2.75, 3.05) is 0 Å². The van der Waals surface area contributed by atoms with Gasteiger partial charge in [0, 0.05) is 21.3 Å². The minimum atomic E-state index is -0.00375. The van der Waals surface area contributed by atoms with Gasteiger partial charge in [-0.25, -0.2) is 0 Å². The molecule has 0 aliphatic rings. The zero-order valence-corrected chi connectivity index (χ0v) is 13.8. The summed E-state index contributed by atoms with van der Waals surface area (Å²) in [5.74, 6) is 0.320. The average molecular weight is 345 g/mol. The van der Waals surface area contributed by atoms with Crippen molar-refractivity contribution in [3.8, 4) is 0 Å². The first-order valence-electron chi connectivity index (χ1n) is 6.29. The number of benzene rings is 1. The molecule has 104 valence electrons. The highest BCUT2D eigenvalue weighted by atomic mass is 79.9. The summed E-state index contributed by atoms with van der Waals surface area (Å²) in [5.41, 5.74) is 2.71. The first-order chi connectivity index (χ1) is 8.99. The summed E-state index contributed by atoms with van der Waals surface area (Å²) in [6.07, 6.45) is 2.78. The van der Waals surface area contributed by atoms with Crippen LogP contribution in [-0.2, 0) is 6.61 Å². The average Bonchev–Trinajstić information content (AvgIpc) is 2.39. The SMILES string of the molecule is CCC(C)/C(=N\C=C(/C)Br)c1ccc(CO)cc1Cl. The number of aliphatic hydroxyl groups is 1. The van der Waals surface area contributed by atoms with Crippen molar-refractivity contribution in [2.24, 2.45) is 10.9 Å². The predicted molar refractivity (Wildman–Crippen MR) is 86.1 cm³/mol. The summed E-state index contributed by atoms with van der Waals surface area (Å²) in [6.45, 7) is 6.19. The monoisotopic (exact) mass is 343 g/mol. The van der Waals surface area contributed by atoms with E-state index in [1.54, 1.807) is 12.3 Å². The molecule has 2 nitrogen and oxygen atoms in total. The molecule has 0 saturated heterocycles. The van der Waals surface area contributed by atoms with Gasteiger partial charge in [0.05, 0.1) is 12.3 Å². The van der Waals surface area contributed by atoms with E-state index in [1.165, 1.54) is 0 Å². The fourth-order valence-electron chi connectivity index (χ4n) is 1.68. The number of aliphatic imine (C=N–C) groups is 1. The Morgan fingerprint density at radius 1 is 1.53 bits per heavy atom. The molecule has 0 aromatic heterocycles. The van der Waals surface area contributed by atoms with Crippen LogP contribution in [0, 0.1) is 5.92 Å². The maximum atomic E-state index is 9.12. The molecule has 0 radical (unpaired) electrons. The summed E-state index contributed by atoms with van der Waals surface area (Å²) >= 11 is 9.67. The molecular weight excluding hydrogens is 326 g/mol. The molecule has 1 atom stereocenters. The van der Waals surface area contributed by atoms with E-state index < -0.39 is 0 Å². The number of halogens is 2. The second kappa shape index (κ2) is 7.83. The number of aliphatic hydroxyl groups excluding tert-OH is 1.